The van der Waals surface area contributed by atoms with Gasteiger partial charge in [0.1, 0.15) is 0 Å². The van der Waals surface area contributed by atoms with E-state index < -0.39 is 0 Å². The van der Waals surface area contributed by atoms with Gasteiger partial charge in [-0.3, -0.25) is 0 Å². The minimum absolute atomic E-state index is 0.460. The first-order valence-electron chi connectivity index (χ1n) is 11.1. The summed E-state index contributed by atoms with van der Waals surface area (Å²) in [5.74, 6) is 2.44. The maximum atomic E-state index is 3.28. The first-order chi connectivity index (χ1) is 11.3. The van der Waals surface area contributed by atoms with Crippen molar-refractivity contribution in [1.82, 2.24) is 0 Å². The average molecular weight is 357 g/mol. The van der Waals surface area contributed by atoms with Crippen LogP contribution in [-0.4, -0.2) is 5.16 Å². The molecule has 0 spiro atoms. The van der Waals surface area contributed by atoms with Crippen molar-refractivity contribution in [2.45, 2.75) is 130 Å². The minimum atomic E-state index is 0.460. The molecule has 0 nitrogen and oxygen atoms in total. The van der Waals surface area contributed by atoms with Crippen LogP contribution in [0.4, 0.5) is 0 Å². The highest BCUT2D eigenvalue weighted by Crippen LogP contribution is 2.42. The fourth-order valence-corrected chi connectivity index (χ4v) is 5.34. The zero-order valence-corrected chi connectivity index (χ0v) is 19.2. The lowest BCUT2D eigenvalue weighted by Gasteiger charge is -2.39. The van der Waals surface area contributed by atoms with Crippen molar-refractivity contribution in [3.8, 4) is 0 Å². The van der Waals surface area contributed by atoms with Crippen LogP contribution in [0.25, 0.3) is 0 Å². The Morgan fingerprint density at radius 2 is 1.00 bits per heavy atom. The Morgan fingerprint density at radius 1 is 0.625 bits per heavy atom. The van der Waals surface area contributed by atoms with Crippen LogP contribution in [-0.2, 0) is 0 Å². The van der Waals surface area contributed by atoms with Crippen LogP contribution < -0.4 is 0 Å². The van der Waals surface area contributed by atoms with E-state index in [4.69, 9.17) is 0 Å². The van der Waals surface area contributed by atoms with E-state index in [0.29, 0.717) is 5.16 Å². The standard InChI is InChI=1S/C23H49P/c1-7-8-9-10-11-12-13-14-15-16-17-22(6)23(24,18-20(2)3)19-21(4)5/h20-22H,7-19,24H2,1-6H3. The van der Waals surface area contributed by atoms with Crippen molar-refractivity contribution >= 4 is 9.24 Å². The zero-order valence-electron chi connectivity index (χ0n) is 18.0. The first kappa shape index (κ1) is 24.4. The van der Waals surface area contributed by atoms with Gasteiger partial charge < -0.3 is 0 Å². The fourth-order valence-electron chi connectivity index (χ4n) is 4.23. The molecule has 0 bridgehead atoms. The second-order valence-corrected chi connectivity index (χ2v) is 10.5. The van der Waals surface area contributed by atoms with E-state index in [1.165, 1.54) is 83.5 Å². The largest absolute Gasteiger partial charge is 0.131 e. The summed E-state index contributed by atoms with van der Waals surface area (Å²) in [6.07, 6.45) is 18.6. The van der Waals surface area contributed by atoms with Gasteiger partial charge >= 0.3 is 0 Å². The maximum Gasteiger partial charge on any atom is -0.0120 e. The van der Waals surface area contributed by atoms with Gasteiger partial charge in [-0.25, -0.2) is 0 Å². The van der Waals surface area contributed by atoms with Gasteiger partial charge in [-0.2, -0.15) is 0 Å². The predicted molar refractivity (Wildman–Crippen MR) is 117 cm³/mol. The summed E-state index contributed by atoms with van der Waals surface area (Å²) in [5.41, 5.74) is 0. The third-order valence-corrected chi connectivity index (χ3v) is 6.59. The summed E-state index contributed by atoms with van der Waals surface area (Å²) in [5, 5.41) is 0.460. The number of unbranched alkanes of at least 4 members (excludes halogenated alkanes) is 9. The molecule has 0 saturated heterocycles. The van der Waals surface area contributed by atoms with Crippen molar-refractivity contribution < 1.29 is 0 Å². The van der Waals surface area contributed by atoms with Gasteiger partial charge in [0.25, 0.3) is 0 Å². The van der Waals surface area contributed by atoms with Crippen LogP contribution >= 0.6 is 9.24 Å². The molecular weight excluding hydrogens is 307 g/mol. The van der Waals surface area contributed by atoms with Gasteiger partial charge in [0.2, 0.25) is 0 Å². The van der Waals surface area contributed by atoms with E-state index in [1.54, 1.807) is 0 Å². The van der Waals surface area contributed by atoms with Crippen molar-refractivity contribution in [3.05, 3.63) is 0 Å². The van der Waals surface area contributed by atoms with Gasteiger partial charge in [-0.05, 0) is 42.2 Å². The monoisotopic (exact) mass is 356 g/mol. The summed E-state index contributed by atoms with van der Waals surface area (Å²) in [7, 11) is 3.28. The molecule has 0 fully saturated rings. The Morgan fingerprint density at radius 3 is 1.38 bits per heavy atom. The third-order valence-electron chi connectivity index (χ3n) is 5.55. The van der Waals surface area contributed by atoms with E-state index in [0.717, 1.165) is 17.8 Å². The summed E-state index contributed by atoms with van der Waals surface area (Å²) in [6.45, 7) is 14.3. The Hall–Kier alpha value is 0.430. The lowest BCUT2D eigenvalue weighted by molar-refractivity contribution is 0.274. The molecule has 2 atom stereocenters. The second kappa shape index (κ2) is 14.6. The topological polar surface area (TPSA) is 0 Å². The molecule has 0 aliphatic carbocycles. The Bertz CT molecular complexity index is 259. The normalized spacial score (nSPS) is 13.9. The van der Waals surface area contributed by atoms with Crippen molar-refractivity contribution in [2.75, 3.05) is 0 Å². The third kappa shape index (κ3) is 12.7. The second-order valence-electron chi connectivity index (χ2n) is 9.30. The Labute approximate surface area is 157 Å². The molecule has 0 rings (SSSR count). The lowest BCUT2D eigenvalue weighted by atomic mass is 9.77. The van der Waals surface area contributed by atoms with Crippen LogP contribution in [0.3, 0.4) is 0 Å². The predicted octanol–water partition coefficient (Wildman–Crippen LogP) is 8.64. The molecule has 0 N–H and O–H groups in total. The van der Waals surface area contributed by atoms with Crippen molar-refractivity contribution in [1.29, 1.82) is 0 Å². The van der Waals surface area contributed by atoms with Gasteiger partial charge in [0.05, 0.1) is 0 Å². The van der Waals surface area contributed by atoms with E-state index in [9.17, 15) is 0 Å². The van der Waals surface area contributed by atoms with Crippen LogP contribution in [0.2, 0.25) is 0 Å². The van der Waals surface area contributed by atoms with Gasteiger partial charge in [0.15, 0.2) is 0 Å². The molecule has 0 aliphatic rings. The molecule has 0 amide bonds. The van der Waals surface area contributed by atoms with E-state index >= 15 is 0 Å². The summed E-state index contributed by atoms with van der Waals surface area (Å²) < 4.78 is 0. The van der Waals surface area contributed by atoms with Crippen molar-refractivity contribution in [3.63, 3.8) is 0 Å². The maximum absolute atomic E-state index is 3.28. The lowest BCUT2D eigenvalue weighted by Crippen LogP contribution is -2.33. The van der Waals surface area contributed by atoms with E-state index in [1.807, 2.05) is 0 Å². The molecular formula is C23H49P. The van der Waals surface area contributed by atoms with Crippen molar-refractivity contribution in [2.24, 2.45) is 17.8 Å². The molecule has 0 aromatic rings. The number of rotatable bonds is 16. The highest BCUT2D eigenvalue weighted by atomic mass is 31.0. The van der Waals surface area contributed by atoms with Gasteiger partial charge in [0, 0.05) is 0 Å². The fraction of sp³-hybridized carbons (Fsp3) is 1.00. The SMILES string of the molecule is CCCCCCCCCCCCC(C)C(P)(CC(C)C)CC(C)C. The molecule has 0 radical (unpaired) electrons. The summed E-state index contributed by atoms with van der Waals surface area (Å²) in [4.78, 5) is 0. The van der Waals surface area contributed by atoms with E-state index in [2.05, 4.69) is 50.8 Å². The smallest absolute Gasteiger partial charge is 0.0120 e. The number of hydrogen-bond donors (Lipinski definition) is 0. The zero-order chi connectivity index (χ0) is 18.4. The van der Waals surface area contributed by atoms with Gasteiger partial charge in [-0.15, -0.1) is 9.24 Å². The highest BCUT2D eigenvalue weighted by molar-refractivity contribution is 7.19. The summed E-state index contributed by atoms with van der Waals surface area (Å²) in [6, 6.07) is 0. The first-order valence-corrected chi connectivity index (χ1v) is 11.7. The Kier molecular flexibility index (Phi) is 14.8. The molecule has 2 unspecified atom stereocenters. The molecule has 0 aromatic carbocycles. The van der Waals surface area contributed by atoms with Crippen LogP contribution in [0, 0.1) is 17.8 Å². The highest BCUT2D eigenvalue weighted by Gasteiger charge is 2.32. The number of hydrogen-bond acceptors (Lipinski definition) is 0. The minimum Gasteiger partial charge on any atom is -0.131 e. The van der Waals surface area contributed by atoms with Crippen LogP contribution in [0.5, 0.6) is 0 Å². The molecule has 0 heterocycles. The molecule has 1 heteroatoms. The molecule has 24 heavy (non-hydrogen) atoms. The molecule has 0 aromatic heterocycles. The average Bonchev–Trinajstić information content (AvgIpc) is 2.47. The molecule has 146 valence electrons. The quantitative estimate of drug-likeness (QED) is 0.192. The van der Waals surface area contributed by atoms with E-state index in [-0.39, 0.29) is 0 Å². The molecule has 0 aliphatic heterocycles. The van der Waals surface area contributed by atoms with Crippen LogP contribution in [0.1, 0.15) is 125 Å². The van der Waals surface area contributed by atoms with Crippen LogP contribution in [0.15, 0.2) is 0 Å². The molecule has 0 saturated carbocycles. The van der Waals surface area contributed by atoms with Gasteiger partial charge in [-0.1, -0.05) is 106 Å². The Balaban J connectivity index is 3.86. The summed E-state index contributed by atoms with van der Waals surface area (Å²) >= 11 is 0.